The third-order valence-corrected chi connectivity index (χ3v) is 3.59. The van der Waals surface area contributed by atoms with Crippen molar-refractivity contribution in [2.24, 2.45) is 0 Å². The monoisotopic (exact) mass is 266 g/mol. The Bertz CT molecular complexity index is 496. The Morgan fingerprint density at radius 3 is 2.32 bits per heavy atom. The molecule has 102 valence electrons. The largest absolute Gasteiger partial charge is 0.388 e. The fourth-order valence-electron chi connectivity index (χ4n) is 2.71. The van der Waals surface area contributed by atoms with E-state index < -0.39 is 17.2 Å². The van der Waals surface area contributed by atoms with Crippen LogP contribution in [0.5, 0.6) is 0 Å². The molecule has 0 bridgehead atoms. The molecule has 0 heterocycles. The first-order chi connectivity index (χ1) is 8.95. The Balaban J connectivity index is 2.24. The second-order valence-electron chi connectivity index (χ2n) is 5.19. The summed E-state index contributed by atoms with van der Waals surface area (Å²) in [4.78, 5) is 1.39. The van der Waals surface area contributed by atoms with Crippen molar-refractivity contribution in [2.45, 2.75) is 31.3 Å². The highest BCUT2D eigenvalue weighted by atomic mass is 19.1. The van der Waals surface area contributed by atoms with Crippen molar-refractivity contribution < 1.29 is 13.9 Å². The molecule has 1 aromatic rings. The number of likely N-dealkylation sites (N-methyl/N-ethyl adjacent to an activating group) is 1. The van der Waals surface area contributed by atoms with Gasteiger partial charge in [0.15, 0.2) is 11.6 Å². The zero-order valence-electron chi connectivity index (χ0n) is 10.8. The summed E-state index contributed by atoms with van der Waals surface area (Å²) in [7, 11) is 1.55. The number of nitriles is 1. The molecule has 3 nitrogen and oxygen atoms in total. The maximum Gasteiger partial charge on any atom is 0.150 e. The fourth-order valence-corrected chi connectivity index (χ4v) is 2.71. The second-order valence-corrected chi connectivity index (χ2v) is 5.19. The first kappa shape index (κ1) is 13.8. The molecule has 1 aliphatic rings. The predicted molar refractivity (Wildman–Crippen MR) is 67.8 cm³/mol. The lowest BCUT2D eigenvalue weighted by atomic mass is 10.0. The van der Waals surface area contributed by atoms with Gasteiger partial charge in [-0.1, -0.05) is 12.8 Å². The number of hydrogen-bond acceptors (Lipinski definition) is 3. The van der Waals surface area contributed by atoms with Gasteiger partial charge in [0.05, 0.1) is 17.2 Å². The van der Waals surface area contributed by atoms with Gasteiger partial charge in [-0.2, -0.15) is 5.26 Å². The van der Waals surface area contributed by atoms with Gasteiger partial charge < -0.3 is 10.0 Å². The number of anilines is 1. The van der Waals surface area contributed by atoms with Crippen molar-refractivity contribution in [1.82, 2.24) is 0 Å². The SMILES string of the molecule is CN(CC1(O)CCCC1)c1c(F)cc(C#N)cc1F. The molecular formula is C14H16F2N2O. The highest BCUT2D eigenvalue weighted by Crippen LogP contribution is 2.32. The van der Waals surface area contributed by atoms with E-state index in [4.69, 9.17) is 5.26 Å². The molecule has 0 amide bonds. The maximum absolute atomic E-state index is 13.8. The predicted octanol–water partition coefficient (Wildman–Crippen LogP) is 2.58. The van der Waals surface area contributed by atoms with Gasteiger partial charge in [0, 0.05) is 13.6 Å². The van der Waals surface area contributed by atoms with Gasteiger partial charge in [0.1, 0.15) is 5.69 Å². The Labute approximate surface area is 111 Å². The number of aliphatic hydroxyl groups is 1. The minimum atomic E-state index is -0.873. The zero-order chi connectivity index (χ0) is 14.0. The van der Waals surface area contributed by atoms with Crippen LogP contribution in [0.4, 0.5) is 14.5 Å². The third kappa shape index (κ3) is 2.85. The van der Waals surface area contributed by atoms with E-state index in [1.807, 2.05) is 0 Å². The first-order valence-corrected chi connectivity index (χ1v) is 6.28. The van der Waals surface area contributed by atoms with Crippen LogP contribution in [0.25, 0.3) is 0 Å². The molecule has 0 aliphatic heterocycles. The van der Waals surface area contributed by atoms with Crippen molar-refractivity contribution in [3.8, 4) is 6.07 Å². The van der Waals surface area contributed by atoms with E-state index in [0.717, 1.165) is 25.0 Å². The quantitative estimate of drug-likeness (QED) is 0.914. The summed E-state index contributed by atoms with van der Waals surface area (Å²) in [5.74, 6) is -1.55. The fraction of sp³-hybridized carbons (Fsp3) is 0.500. The number of halogens is 2. The van der Waals surface area contributed by atoms with Gasteiger partial charge in [-0.05, 0) is 25.0 Å². The number of rotatable bonds is 3. The summed E-state index contributed by atoms with van der Waals surface area (Å²) in [6.45, 7) is 0.187. The lowest BCUT2D eigenvalue weighted by molar-refractivity contribution is 0.0557. The van der Waals surface area contributed by atoms with Crippen LogP contribution in [0.15, 0.2) is 12.1 Å². The average Bonchev–Trinajstić information content (AvgIpc) is 2.74. The number of benzene rings is 1. The van der Waals surface area contributed by atoms with E-state index in [2.05, 4.69) is 0 Å². The smallest absolute Gasteiger partial charge is 0.150 e. The minimum absolute atomic E-state index is 0.0493. The second kappa shape index (κ2) is 5.14. The van der Waals surface area contributed by atoms with E-state index >= 15 is 0 Å². The van der Waals surface area contributed by atoms with Crippen molar-refractivity contribution in [2.75, 3.05) is 18.5 Å². The zero-order valence-corrected chi connectivity index (χ0v) is 10.8. The van der Waals surface area contributed by atoms with Gasteiger partial charge in [-0.15, -0.1) is 0 Å². The van der Waals surface area contributed by atoms with Gasteiger partial charge in [-0.3, -0.25) is 0 Å². The van der Waals surface area contributed by atoms with E-state index in [1.165, 1.54) is 4.90 Å². The number of nitrogens with zero attached hydrogens (tertiary/aromatic N) is 2. The topological polar surface area (TPSA) is 47.3 Å². The van der Waals surface area contributed by atoms with Crippen LogP contribution >= 0.6 is 0 Å². The summed E-state index contributed by atoms with van der Waals surface area (Å²) >= 11 is 0. The molecular weight excluding hydrogens is 250 g/mol. The molecule has 1 N–H and O–H groups in total. The van der Waals surface area contributed by atoms with E-state index in [0.29, 0.717) is 12.8 Å². The standard InChI is InChI=1S/C14H16F2N2O/c1-18(9-14(19)4-2-3-5-14)13-11(15)6-10(8-17)7-12(13)16/h6-7,19H,2-5,9H2,1H3. The van der Waals surface area contributed by atoms with Crippen LogP contribution in [0.3, 0.4) is 0 Å². The molecule has 0 atom stereocenters. The van der Waals surface area contributed by atoms with Crippen LogP contribution in [-0.4, -0.2) is 24.3 Å². The van der Waals surface area contributed by atoms with Crippen molar-refractivity contribution in [3.05, 3.63) is 29.3 Å². The van der Waals surface area contributed by atoms with Gasteiger partial charge in [0.25, 0.3) is 0 Å². The normalized spacial score (nSPS) is 17.2. The highest BCUT2D eigenvalue weighted by molar-refractivity contribution is 5.52. The number of hydrogen-bond donors (Lipinski definition) is 1. The lowest BCUT2D eigenvalue weighted by Crippen LogP contribution is -2.39. The molecule has 0 spiro atoms. The molecule has 1 aliphatic carbocycles. The van der Waals surface area contributed by atoms with Crippen molar-refractivity contribution >= 4 is 5.69 Å². The summed E-state index contributed by atoms with van der Waals surface area (Å²) in [5.41, 5.74) is -1.12. The molecule has 1 saturated carbocycles. The molecule has 5 heteroatoms. The first-order valence-electron chi connectivity index (χ1n) is 6.28. The summed E-state index contributed by atoms with van der Waals surface area (Å²) in [5, 5.41) is 18.9. The highest BCUT2D eigenvalue weighted by Gasteiger charge is 2.33. The Kier molecular flexibility index (Phi) is 3.72. The molecule has 0 saturated heterocycles. The third-order valence-electron chi connectivity index (χ3n) is 3.59. The lowest BCUT2D eigenvalue weighted by Gasteiger charge is -2.30. The Hall–Kier alpha value is -1.67. The molecule has 0 aromatic heterocycles. The summed E-state index contributed by atoms with van der Waals surface area (Å²) < 4.78 is 27.7. The molecule has 1 fully saturated rings. The maximum atomic E-state index is 13.8. The van der Waals surface area contributed by atoms with Crippen LogP contribution in [0, 0.1) is 23.0 Å². The van der Waals surface area contributed by atoms with Gasteiger partial charge in [0.2, 0.25) is 0 Å². The van der Waals surface area contributed by atoms with Crippen LogP contribution in [0.2, 0.25) is 0 Å². The van der Waals surface area contributed by atoms with Gasteiger partial charge in [-0.25, -0.2) is 8.78 Å². The van der Waals surface area contributed by atoms with Crippen molar-refractivity contribution in [1.29, 1.82) is 5.26 Å². The van der Waals surface area contributed by atoms with Crippen molar-refractivity contribution in [3.63, 3.8) is 0 Å². The van der Waals surface area contributed by atoms with Crippen LogP contribution < -0.4 is 4.90 Å². The van der Waals surface area contributed by atoms with E-state index in [1.54, 1.807) is 13.1 Å². The van der Waals surface area contributed by atoms with Crippen LogP contribution in [0.1, 0.15) is 31.2 Å². The molecule has 0 unspecified atom stereocenters. The average molecular weight is 266 g/mol. The summed E-state index contributed by atoms with van der Waals surface area (Å²) in [6.07, 6.45) is 3.17. The van der Waals surface area contributed by atoms with E-state index in [9.17, 15) is 13.9 Å². The molecule has 2 rings (SSSR count). The molecule has 0 radical (unpaired) electrons. The van der Waals surface area contributed by atoms with Crippen LogP contribution in [-0.2, 0) is 0 Å². The van der Waals surface area contributed by atoms with Gasteiger partial charge >= 0.3 is 0 Å². The van der Waals surface area contributed by atoms with E-state index in [-0.39, 0.29) is 17.8 Å². The minimum Gasteiger partial charge on any atom is -0.388 e. The molecule has 1 aromatic carbocycles. The Morgan fingerprint density at radius 2 is 1.84 bits per heavy atom. The Morgan fingerprint density at radius 1 is 1.32 bits per heavy atom. The molecule has 19 heavy (non-hydrogen) atoms. The summed E-state index contributed by atoms with van der Waals surface area (Å²) in [6, 6.07) is 3.72.